The molecule has 5 heteroatoms. The number of amides is 1. The summed E-state index contributed by atoms with van der Waals surface area (Å²) in [4.78, 5) is 11.8. The highest BCUT2D eigenvalue weighted by Crippen LogP contribution is 2.18. The van der Waals surface area contributed by atoms with Crippen LogP contribution >= 0.6 is 38.5 Å². The SMILES string of the molecule is Cc1cc(I)ccc1NC(=O)COc1ccc(Br)cc1. The van der Waals surface area contributed by atoms with Gasteiger partial charge in [-0.25, -0.2) is 0 Å². The molecule has 0 fully saturated rings. The number of benzene rings is 2. The second kappa shape index (κ2) is 7.08. The molecule has 0 spiro atoms. The van der Waals surface area contributed by atoms with E-state index >= 15 is 0 Å². The number of anilines is 1. The van der Waals surface area contributed by atoms with Crippen molar-refractivity contribution in [3.63, 3.8) is 0 Å². The van der Waals surface area contributed by atoms with E-state index in [9.17, 15) is 4.79 Å². The van der Waals surface area contributed by atoms with Gasteiger partial charge in [-0.1, -0.05) is 15.9 Å². The summed E-state index contributed by atoms with van der Waals surface area (Å²) in [5.41, 5.74) is 1.85. The van der Waals surface area contributed by atoms with E-state index in [4.69, 9.17) is 4.74 Å². The van der Waals surface area contributed by atoms with Gasteiger partial charge in [0.2, 0.25) is 0 Å². The van der Waals surface area contributed by atoms with Crippen molar-refractivity contribution in [1.82, 2.24) is 0 Å². The Morgan fingerprint density at radius 3 is 2.60 bits per heavy atom. The van der Waals surface area contributed by atoms with Gasteiger partial charge in [0, 0.05) is 13.7 Å². The van der Waals surface area contributed by atoms with Crippen LogP contribution in [-0.4, -0.2) is 12.5 Å². The van der Waals surface area contributed by atoms with Crippen molar-refractivity contribution in [2.75, 3.05) is 11.9 Å². The molecule has 0 heterocycles. The Morgan fingerprint density at radius 2 is 1.95 bits per heavy atom. The number of hydrogen-bond acceptors (Lipinski definition) is 2. The summed E-state index contributed by atoms with van der Waals surface area (Å²) < 4.78 is 7.54. The number of ether oxygens (including phenoxy) is 1. The monoisotopic (exact) mass is 445 g/mol. The quantitative estimate of drug-likeness (QED) is 0.709. The van der Waals surface area contributed by atoms with Crippen molar-refractivity contribution in [2.24, 2.45) is 0 Å². The van der Waals surface area contributed by atoms with Gasteiger partial charge in [-0.2, -0.15) is 0 Å². The standard InChI is InChI=1S/C15H13BrINO2/c1-10-8-12(17)4-7-14(10)18-15(19)9-20-13-5-2-11(16)3-6-13/h2-8H,9H2,1H3,(H,18,19). The highest BCUT2D eigenvalue weighted by atomic mass is 127. The molecule has 0 bridgehead atoms. The fourth-order valence-electron chi connectivity index (χ4n) is 1.63. The second-order valence-corrected chi connectivity index (χ2v) is 6.41. The molecule has 2 aromatic rings. The van der Waals surface area contributed by atoms with Crippen molar-refractivity contribution in [2.45, 2.75) is 6.92 Å². The summed E-state index contributed by atoms with van der Waals surface area (Å²) in [6.07, 6.45) is 0. The maximum atomic E-state index is 11.8. The van der Waals surface area contributed by atoms with E-state index in [1.54, 1.807) is 0 Å². The van der Waals surface area contributed by atoms with Crippen LogP contribution in [0.5, 0.6) is 5.75 Å². The van der Waals surface area contributed by atoms with Gasteiger partial charge in [-0.05, 0) is 77.5 Å². The van der Waals surface area contributed by atoms with Gasteiger partial charge in [-0.3, -0.25) is 4.79 Å². The Labute approximate surface area is 140 Å². The van der Waals surface area contributed by atoms with Crippen LogP contribution in [0.25, 0.3) is 0 Å². The number of aryl methyl sites for hydroxylation is 1. The zero-order chi connectivity index (χ0) is 14.5. The molecule has 2 aromatic carbocycles. The lowest BCUT2D eigenvalue weighted by Crippen LogP contribution is -2.20. The van der Waals surface area contributed by atoms with Crippen LogP contribution in [0.4, 0.5) is 5.69 Å². The van der Waals surface area contributed by atoms with Crippen LogP contribution in [0.15, 0.2) is 46.9 Å². The second-order valence-electron chi connectivity index (χ2n) is 4.25. The predicted molar refractivity (Wildman–Crippen MR) is 92.2 cm³/mol. The van der Waals surface area contributed by atoms with E-state index in [2.05, 4.69) is 43.8 Å². The molecule has 0 radical (unpaired) electrons. The molecule has 0 aliphatic carbocycles. The average molecular weight is 446 g/mol. The fourth-order valence-corrected chi connectivity index (χ4v) is 2.54. The maximum absolute atomic E-state index is 11.8. The van der Waals surface area contributed by atoms with Gasteiger partial charge < -0.3 is 10.1 Å². The van der Waals surface area contributed by atoms with Gasteiger partial charge in [-0.15, -0.1) is 0 Å². The molecule has 0 aromatic heterocycles. The summed E-state index contributed by atoms with van der Waals surface area (Å²) in [6, 6.07) is 13.2. The number of carbonyl (C=O) groups is 1. The van der Waals surface area contributed by atoms with Crippen molar-refractivity contribution in [3.8, 4) is 5.75 Å². The molecule has 0 atom stereocenters. The molecule has 1 amide bonds. The highest BCUT2D eigenvalue weighted by Gasteiger charge is 2.06. The summed E-state index contributed by atoms with van der Waals surface area (Å²) in [6.45, 7) is 1.96. The molecule has 0 saturated carbocycles. The Morgan fingerprint density at radius 1 is 1.25 bits per heavy atom. The molecular formula is C15H13BrINO2. The lowest BCUT2D eigenvalue weighted by atomic mass is 10.2. The Kier molecular flexibility index (Phi) is 5.42. The fraction of sp³-hybridized carbons (Fsp3) is 0.133. The minimum absolute atomic E-state index is 0.00689. The van der Waals surface area contributed by atoms with Crippen LogP contribution in [0.1, 0.15) is 5.56 Å². The highest BCUT2D eigenvalue weighted by molar-refractivity contribution is 14.1. The summed E-state index contributed by atoms with van der Waals surface area (Å²) in [7, 11) is 0. The smallest absolute Gasteiger partial charge is 0.262 e. The first-order valence-corrected chi connectivity index (χ1v) is 7.86. The topological polar surface area (TPSA) is 38.3 Å². The van der Waals surface area contributed by atoms with Crippen LogP contribution in [0.2, 0.25) is 0 Å². The molecule has 1 N–H and O–H groups in total. The van der Waals surface area contributed by atoms with E-state index in [1.807, 2.05) is 49.4 Å². The number of hydrogen-bond donors (Lipinski definition) is 1. The molecule has 0 saturated heterocycles. The van der Waals surface area contributed by atoms with Crippen LogP contribution in [0, 0.1) is 10.5 Å². The van der Waals surface area contributed by atoms with Crippen molar-refractivity contribution < 1.29 is 9.53 Å². The number of nitrogens with one attached hydrogen (secondary N) is 1. The minimum Gasteiger partial charge on any atom is -0.484 e. The summed E-state index contributed by atoms with van der Waals surface area (Å²) in [5, 5.41) is 2.84. The van der Waals surface area contributed by atoms with Crippen LogP contribution in [0.3, 0.4) is 0 Å². The first-order chi connectivity index (χ1) is 9.54. The number of rotatable bonds is 4. The number of halogens is 2. The average Bonchev–Trinajstić information content (AvgIpc) is 2.41. The van der Waals surface area contributed by atoms with Gasteiger partial charge in [0.15, 0.2) is 6.61 Å². The van der Waals surface area contributed by atoms with Gasteiger partial charge in [0.25, 0.3) is 5.91 Å². The number of carbonyl (C=O) groups excluding carboxylic acids is 1. The summed E-state index contributed by atoms with van der Waals surface area (Å²) in [5.74, 6) is 0.500. The predicted octanol–water partition coefficient (Wildman–Crippen LogP) is 4.38. The molecule has 0 aliphatic rings. The van der Waals surface area contributed by atoms with E-state index in [1.165, 1.54) is 0 Å². The lowest BCUT2D eigenvalue weighted by Gasteiger charge is -2.10. The largest absolute Gasteiger partial charge is 0.484 e. The molecule has 20 heavy (non-hydrogen) atoms. The molecule has 0 unspecified atom stereocenters. The van der Waals surface area contributed by atoms with Gasteiger partial charge >= 0.3 is 0 Å². The van der Waals surface area contributed by atoms with Gasteiger partial charge in [0.05, 0.1) is 0 Å². The first-order valence-electron chi connectivity index (χ1n) is 5.99. The van der Waals surface area contributed by atoms with Crippen molar-refractivity contribution >= 4 is 50.1 Å². The maximum Gasteiger partial charge on any atom is 0.262 e. The molecule has 0 aliphatic heterocycles. The zero-order valence-corrected chi connectivity index (χ0v) is 14.6. The third-order valence-corrected chi connectivity index (χ3v) is 3.85. The van der Waals surface area contributed by atoms with E-state index in [-0.39, 0.29) is 12.5 Å². The first kappa shape index (κ1) is 15.3. The Balaban J connectivity index is 1.90. The van der Waals surface area contributed by atoms with Crippen molar-refractivity contribution in [3.05, 3.63) is 56.1 Å². The molecule has 104 valence electrons. The lowest BCUT2D eigenvalue weighted by molar-refractivity contribution is -0.118. The van der Waals surface area contributed by atoms with E-state index < -0.39 is 0 Å². The van der Waals surface area contributed by atoms with E-state index in [0.29, 0.717) is 5.75 Å². The van der Waals surface area contributed by atoms with E-state index in [0.717, 1.165) is 19.3 Å². The van der Waals surface area contributed by atoms with Crippen LogP contribution in [-0.2, 0) is 4.79 Å². The third kappa shape index (κ3) is 4.49. The molecular weight excluding hydrogens is 433 g/mol. The minimum atomic E-state index is -0.169. The zero-order valence-electron chi connectivity index (χ0n) is 10.8. The molecule has 3 nitrogen and oxygen atoms in total. The Hall–Kier alpha value is -1.08. The molecule has 2 rings (SSSR count). The third-order valence-electron chi connectivity index (χ3n) is 2.65. The van der Waals surface area contributed by atoms with Crippen molar-refractivity contribution in [1.29, 1.82) is 0 Å². The van der Waals surface area contributed by atoms with Gasteiger partial charge in [0.1, 0.15) is 5.75 Å². The normalized spacial score (nSPS) is 10.2. The van der Waals surface area contributed by atoms with Crippen LogP contribution < -0.4 is 10.1 Å². The summed E-state index contributed by atoms with van der Waals surface area (Å²) >= 11 is 5.59. The Bertz CT molecular complexity index is 614.